The van der Waals surface area contributed by atoms with Gasteiger partial charge in [-0.15, -0.1) is 0 Å². The van der Waals surface area contributed by atoms with Crippen LogP contribution < -0.4 is 10.5 Å². The normalized spacial score (nSPS) is 30.2. The van der Waals surface area contributed by atoms with Gasteiger partial charge in [0.2, 0.25) is 11.7 Å². The van der Waals surface area contributed by atoms with Crippen molar-refractivity contribution in [2.24, 2.45) is 16.6 Å². The van der Waals surface area contributed by atoms with E-state index in [9.17, 15) is 5.26 Å². The first-order chi connectivity index (χ1) is 13.9. The summed E-state index contributed by atoms with van der Waals surface area (Å²) < 4.78 is 6.58. The predicted molar refractivity (Wildman–Crippen MR) is 110 cm³/mol. The smallest absolute Gasteiger partial charge is 0.222 e. The average Bonchev–Trinajstić information content (AvgIpc) is 3.20. The third kappa shape index (κ3) is 2.85. The Kier molecular flexibility index (Phi) is 3.87. The third-order valence-electron chi connectivity index (χ3n) is 6.33. The first kappa shape index (κ1) is 18.0. The molecule has 0 aromatic heterocycles. The maximum Gasteiger partial charge on any atom is 0.222 e. The Hall–Kier alpha value is -3.04. The average molecular weight is 388 g/mol. The van der Waals surface area contributed by atoms with Crippen molar-refractivity contribution in [2.75, 3.05) is 7.05 Å². The number of rotatable bonds is 1. The zero-order valence-corrected chi connectivity index (χ0v) is 16.7. The molecule has 0 bridgehead atoms. The van der Waals surface area contributed by atoms with Crippen LogP contribution in [0.25, 0.3) is 11.1 Å². The molecule has 0 amide bonds. The highest BCUT2D eigenvalue weighted by Gasteiger charge is 2.56. The van der Waals surface area contributed by atoms with Crippen molar-refractivity contribution in [1.82, 2.24) is 5.06 Å². The lowest BCUT2D eigenvalue weighted by Gasteiger charge is -2.43. The van der Waals surface area contributed by atoms with E-state index < -0.39 is 5.72 Å². The molecule has 2 aliphatic heterocycles. The Morgan fingerprint density at radius 3 is 2.76 bits per heavy atom. The second-order valence-electron chi connectivity index (χ2n) is 8.56. The van der Waals surface area contributed by atoms with Crippen LogP contribution in [0.1, 0.15) is 43.7 Å². The van der Waals surface area contributed by atoms with Crippen LogP contribution >= 0.6 is 0 Å². The third-order valence-corrected chi connectivity index (χ3v) is 6.33. The second kappa shape index (κ2) is 6.23. The molecule has 3 atom stereocenters. The lowest BCUT2D eigenvalue weighted by atomic mass is 9.82. The summed E-state index contributed by atoms with van der Waals surface area (Å²) in [5.74, 6) is 1.79. The quantitative estimate of drug-likeness (QED) is 0.801. The number of ether oxygens (including phenoxy) is 1. The summed E-state index contributed by atoms with van der Waals surface area (Å²) in [6.07, 6.45) is 3.76. The molecule has 148 valence electrons. The summed E-state index contributed by atoms with van der Waals surface area (Å²) >= 11 is 0. The Bertz CT molecular complexity index is 1060. The van der Waals surface area contributed by atoms with Crippen LogP contribution in [0.2, 0.25) is 0 Å². The molecule has 2 heterocycles. The van der Waals surface area contributed by atoms with Gasteiger partial charge in [0.25, 0.3) is 0 Å². The van der Waals surface area contributed by atoms with E-state index in [1.165, 1.54) is 0 Å². The van der Waals surface area contributed by atoms with Gasteiger partial charge in [0.15, 0.2) is 0 Å². The molecule has 29 heavy (non-hydrogen) atoms. The standard InChI is InChI=1S/C23H24N4O2/c1-15-8-9-22(12-15)14-23(26-21(25)27(2)29-23)19-11-18(6-7-20(19)28-22)17-5-3-4-16(10-17)13-24/h3-7,10-11,15H,8-9,12,14H2,1-2H3,(H2,25,26). The van der Waals surface area contributed by atoms with Crippen molar-refractivity contribution in [3.8, 4) is 22.9 Å². The predicted octanol–water partition coefficient (Wildman–Crippen LogP) is 3.91. The molecule has 2 aromatic rings. The molecule has 6 nitrogen and oxygen atoms in total. The topological polar surface area (TPSA) is 83.9 Å². The molecule has 1 aliphatic carbocycles. The summed E-state index contributed by atoms with van der Waals surface area (Å²) in [5, 5.41) is 10.8. The minimum Gasteiger partial charge on any atom is -0.487 e. The molecule has 6 heteroatoms. The summed E-state index contributed by atoms with van der Waals surface area (Å²) in [4.78, 5) is 11.0. The SMILES string of the molecule is CC1CCC2(C1)CC1(N=C(N)N(C)O1)c1cc(-c3cccc(C#N)c3)ccc1O2. The van der Waals surface area contributed by atoms with Crippen LogP contribution in [0.3, 0.4) is 0 Å². The summed E-state index contributed by atoms with van der Waals surface area (Å²) in [7, 11) is 1.78. The second-order valence-corrected chi connectivity index (χ2v) is 8.56. The number of hydrogen-bond donors (Lipinski definition) is 1. The molecule has 3 aliphatic rings. The fourth-order valence-electron chi connectivity index (χ4n) is 5.01. The van der Waals surface area contributed by atoms with E-state index in [-0.39, 0.29) is 5.60 Å². The number of nitrogens with two attached hydrogens (primary N) is 1. The van der Waals surface area contributed by atoms with Gasteiger partial charge < -0.3 is 10.5 Å². The number of hydrogen-bond acceptors (Lipinski definition) is 6. The number of nitrogens with zero attached hydrogens (tertiary/aromatic N) is 3. The van der Waals surface area contributed by atoms with Gasteiger partial charge in [0.1, 0.15) is 11.4 Å². The lowest BCUT2D eigenvalue weighted by Crippen LogP contribution is -2.47. The van der Waals surface area contributed by atoms with Crippen LogP contribution in [0.4, 0.5) is 0 Å². The molecular formula is C23H24N4O2. The lowest BCUT2D eigenvalue weighted by molar-refractivity contribution is -0.203. The van der Waals surface area contributed by atoms with Crippen molar-refractivity contribution in [3.63, 3.8) is 0 Å². The van der Waals surface area contributed by atoms with Crippen LogP contribution in [0.15, 0.2) is 47.5 Å². The van der Waals surface area contributed by atoms with E-state index in [2.05, 4.69) is 19.1 Å². The number of aliphatic imine (C=N–C) groups is 1. The van der Waals surface area contributed by atoms with E-state index in [0.717, 1.165) is 41.7 Å². The molecule has 0 radical (unpaired) electrons. The van der Waals surface area contributed by atoms with Gasteiger partial charge in [0, 0.05) is 13.5 Å². The monoisotopic (exact) mass is 388 g/mol. The highest BCUT2D eigenvalue weighted by Crippen LogP contribution is 2.55. The highest BCUT2D eigenvalue weighted by atomic mass is 16.7. The Balaban J connectivity index is 1.64. The van der Waals surface area contributed by atoms with E-state index in [1.54, 1.807) is 18.2 Å². The molecule has 0 saturated heterocycles. The van der Waals surface area contributed by atoms with Crippen molar-refractivity contribution < 1.29 is 9.57 Å². The first-order valence-corrected chi connectivity index (χ1v) is 10.0. The Morgan fingerprint density at radius 1 is 1.24 bits per heavy atom. The fraction of sp³-hybridized carbons (Fsp3) is 0.391. The first-order valence-electron chi connectivity index (χ1n) is 10.0. The van der Waals surface area contributed by atoms with Gasteiger partial charge in [-0.1, -0.05) is 25.1 Å². The molecule has 1 saturated carbocycles. The van der Waals surface area contributed by atoms with Crippen LogP contribution in [-0.2, 0) is 10.6 Å². The maximum absolute atomic E-state index is 9.24. The minimum absolute atomic E-state index is 0.274. The summed E-state index contributed by atoms with van der Waals surface area (Å²) in [5.41, 5.74) is 8.44. The molecule has 5 rings (SSSR count). The van der Waals surface area contributed by atoms with E-state index >= 15 is 0 Å². The number of fused-ring (bicyclic) bond motifs is 2. The molecular weight excluding hydrogens is 364 g/mol. The van der Waals surface area contributed by atoms with Gasteiger partial charge in [-0.05, 0) is 60.6 Å². The van der Waals surface area contributed by atoms with Crippen LogP contribution in [0, 0.1) is 17.2 Å². The zero-order valence-electron chi connectivity index (χ0n) is 16.7. The van der Waals surface area contributed by atoms with Gasteiger partial charge >= 0.3 is 0 Å². The van der Waals surface area contributed by atoms with E-state index in [1.807, 2.05) is 30.3 Å². The molecule has 2 aromatic carbocycles. The number of nitriles is 1. The highest BCUT2D eigenvalue weighted by molar-refractivity contribution is 5.79. The summed E-state index contributed by atoms with van der Waals surface area (Å²) in [6, 6.07) is 15.9. The van der Waals surface area contributed by atoms with E-state index in [4.69, 9.17) is 20.3 Å². The number of hydroxylamine groups is 2. The Labute approximate surface area is 170 Å². The van der Waals surface area contributed by atoms with Crippen molar-refractivity contribution in [2.45, 2.75) is 43.9 Å². The minimum atomic E-state index is -0.876. The maximum atomic E-state index is 9.24. The van der Waals surface area contributed by atoms with Crippen molar-refractivity contribution >= 4 is 5.96 Å². The molecule has 2 spiro atoms. The van der Waals surface area contributed by atoms with Gasteiger partial charge in [0.05, 0.1) is 17.2 Å². The van der Waals surface area contributed by atoms with Crippen molar-refractivity contribution in [3.05, 3.63) is 53.6 Å². The number of benzene rings is 2. The molecule has 1 fully saturated rings. The summed E-state index contributed by atoms with van der Waals surface area (Å²) in [6.45, 7) is 2.27. The fourth-order valence-corrected chi connectivity index (χ4v) is 5.01. The largest absolute Gasteiger partial charge is 0.487 e. The van der Waals surface area contributed by atoms with Crippen LogP contribution in [-0.4, -0.2) is 23.7 Å². The van der Waals surface area contributed by atoms with Gasteiger partial charge in [-0.25, -0.2) is 14.9 Å². The van der Waals surface area contributed by atoms with Crippen molar-refractivity contribution in [1.29, 1.82) is 5.26 Å². The zero-order chi connectivity index (χ0) is 20.2. The van der Waals surface area contributed by atoms with Crippen LogP contribution in [0.5, 0.6) is 5.75 Å². The molecule has 3 unspecified atom stereocenters. The Morgan fingerprint density at radius 2 is 2.07 bits per heavy atom. The molecule has 2 N–H and O–H groups in total. The van der Waals surface area contributed by atoms with Gasteiger partial charge in [-0.3, -0.25) is 0 Å². The number of guanidine groups is 1. The van der Waals surface area contributed by atoms with E-state index in [0.29, 0.717) is 23.9 Å². The van der Waals surface area contributed by atoms with Gasteiger partial charge in [-0.2, -0.15) is 5.26 Å².